The van der Waals surface area contributed by atoms with Gasteiger partial charge in [-0.2, -0.15) is 0 Å². The second-order valence-corrected chi connectivity index (χ2v) is 5.35. The topological polar surface area (TPSA) is 66.5 Å². The molecule has 1 fully saturated rings. The van der Waals surface area contributed by atoms with Gasteiger partial charge < -0.3 is 5.32 Å². The lowest BCUT2D eigenvalue weighted by molar-refractivity contribution is -0.129. The Kier molecular flexibility index (Phi) is 4.19. The zero-order valence-electron chi connectivity index (χ0n) is 12.5. The van der Waals surface area contributed by atoms with Crippen LogP contribution in [-0.2, 0) is 9.59 Å². The number of hydrogen-bond donors (Lipinski definition) is 1. The number of piperidine rings is 1. The van der Waals surface area contributed by atoms with Crippen LogP contribution in [0.5, 0.6) is 0 Å². The predicted octanol–water partition coefficient (Wildman–Crippen LogP) is 2.98. The van der Waals surface area contributed by atoms with Crippen molar-refractivity contribution in [2.45, 2.75) is 19.3 Å². The van der Waals surface area contributed by atoms with Gasteiger partial charge in [-0.15, -0.1) is 0 Å². The number of carbonyl (C=O) groups excluding carboxylic acids is 3. The Hall–Kier alpha value is -2.95. The van der Waals surface area contributed by atoms with E-state index in [1.165, 1.54) is 4.90 Å². The number of nitrogens with zero attached hydrogens (tertiary/aromatic N) is 1. The maximum atomic E-state index is 12.2. The number of benzene rings is 2. The third-order valence-corrected chi connectivity index (χ3v) is 3.68. The van der Waals surface area contributed by atoms with Crippen molar-refractivity contribution in [2.75, 3.05) is 10.2 Å². The summed E-state index contributed by atoms with van der Waals surface area (Å²) in [5.41, 5.74) is 1.58. The monoisotopic (exact) mass is 308 g/mol. The van der Waals surface area contributed by atoms with Crippen molar-refractivity contribution < 1.29 is 14.4 Å². The zero-order valence-corrected chi connectivity index (χ0v) is 12.5. The Bertz CT molecular complexity index is 740. The third-order valence-electron chi connectivity index (χ3n) is 3.68. The number of amides is 3. The van der Waals surface area contributed by atoms with E-state index in [0.29, 0.717) is 36.2 Å². The average molecular weight is 308 g/mol. The standard InChI is InChI=1S/C18H16N2O3/c21-16-10-5-11-17(22)20(16)15-9-4-8-14(12-15)19-18(23)13-6-2-1-3-7-13/h1-4,6-9,12H,5,10-11H2,(H,19,23). The minimum Gasteiger partial charge on any atom is -0.322 e. The Morgan fingerprint density at radius 1 is 0.913 bits per heavy atom. The molecule has 3 rings (SSSR count). The summed E-state index contributed by atoms with van der Waals surface area (Å²) in [5, 5.41) is 2.78. The van der Waals surface area contributed by atoms with Gasteiger partial charge in [0, 0.05) is 24.1 Å². The number of rotatable bonds is 3. The highest BCUT2D eigenvalue weighted by molar-refractivity contribution is 6.16. The van der Waals surface area contributed by atoms with Gasteiger partial charge in [0.05, 0.1) is 5.69 Å². The average Bonchev–Trinajstić information content (AvgIpc) is 2.56. The maximum Gasteiger partial charge on any atom is 0.255 e. The Morgan fingerprint density at radius 2 is 1.61 bits per heavy atom. The Balaban J connectivity index is 1.81. The summed E-state index contributed by atoms with van der Waals surface area (Å²) in [7, 11) is 0. The fraction of sp³-hybridized carbons (Fsp3) is 0.167. The molecule has 0 aromatic heterocycles. The summed E-state index contributed by atoms with van der Waals surface area (Å²) in [6, 6.07) is 15.6. The molecule has 116 valence electrons. The Labute approximate surface area is 133 Å². The summed E-state index contributed by atoms with van der Waals surface area (Å²) >= 11 is 0. The van der Waals surface area contributed by atoms with Crippen LogP contribution >= 0.6 is 0 Å². The first-order chi connectivity index (χ1) is 11.1. The number of nitrogens with one attached hydrogen (secondary N) is 1. The number of imide groups is 1. The first-order valence-electron chi connectivity index (χ1n) is 7.47. The molecule has 0 spiro atoms. The fourth-order valence-electron chi connectivity index (χ4n) is 2.56. The van der Waals surface area contributed by atoms with E-state index in [0.717, 1.165) is 0 Å². The van der Waals surface area contributed by atoms with Crippen molar-refractivity contribution in [3.05, 3.63) is 60.2 Å². The van der Waals surface area contributed by atoms with E-state index in [4.69, 9.17) is 0 Å². The van der Waals surface area contributed by atoms with Crippen molar-refractivity contribution in [1.29, 1.82) is 0 Å². The molecule has 5 nitrogen and oxygen atoms in total. The fourth-order valence-corrected chi connectivity index (χ4v) is 2.56. The van der Waals surface area contributed by atoms with Crippen molar-refractivity contribution >= 4 is 29.1 Å². The molecule has 3 amide bonds. The SMILES string of the molecule is O=C(Nc1cccc(N2C(=O)CCCC2=O)c1)c1ccccc1. The van der Waals surface area contributed by atoms with Gasteiger partial charge in [-0.1, -0.05) is 24.3 Å². The molecule has 0 saturated carbocycles. The highest BCUT2D eigenvalue weighted by Crippen LogP contribution is 2.25. The van der Waals surface area contributed by atoms with E-state index in [1.54, 1.807) is 48.5 Å². The first kappa shape index (κ1) is 15.0. The molecule has 0 atom stereocenters. The van der Waals surface area contributed by atoms with Crippen LogP contribution in [0.3, 0.4) is 0 Å². The Morgan fingerprint density at radius 3 is 2.30 bits per heavy atom. The summed E-state index contributed by atoms with van der Waals surface area (Å²) in [5.74, 6) is -0.639. The second-order valence-electron chi connectivity index (χ2n) is 5.35. The van der Waals surface area contributed by atoms with E-state index >= 15 is 0 Å². The molecular weight excluding hydrogens is 292 g/mol. The molecule has 23 heavy (non-hydrogen) atoms. The molecule has 0 aliphatic carbocycles. The van der Waals surface area contributed by atoms with Crippen LogP contribution in [0, 0.1) is 0 Å². The zero-order chi connectivity index (χ0) is 16.2. The molecule has 2 aromatic carbocycles. The van der Waals surface area contributed by atoms with Gasteiger partial charge >= 0.3 is 0 Å². The van der Waals surface area contributed by atoms with Crippen LogP contribution in [0.4, 0.5) is 11.4 Å². The van der Waals surface area contributed by atoms with Gasteiger partial charge in [0.25, 0.3) is 5.91 Å². The first-order valence-corrected chi connectivity index (χ1v) is 7.47. The van der Waals surface area contributed by atoms with E-state index in [9.17, 15) is 14.4 Å². The summed E-state index contributed by atoms with van der Waals surface area (Å²) in [6.07, 6.45) is 1.33. The van der Waals surface area contributed by atoms with Crippen LogP contribution < -0.4 is 10.2 Å². The summed E-state index contributed by atoms with van der Waals surface area (Å²) in [6.45, 7) is 0. The van der Waals surface area contributed by atoms with Gasteiger partial charge in [-0.3, -0.25) is 19.3 Å². The lowest BCUT2D eigenvalue weighted by Gasteiger charge is -2.25. The maximum absolute atomic E-state index is 12.2. The highest BCUT2D eigenvalue weighted by Gasteiger charge is 2.27. The van der Waals surface area contributed by atoms with Crippen LogP contribution in [0.2, 0.25) is 0 Å². The number of carbonyl (C=O) groups is 3. The predicted molar refractivity (Wildman–Crippen MR) is 87.2 cm³/mol. The van der Waals surface area contributed by atoms with Gasteiger partial charge in [-0.25, -0.2) is 0 Å². The van der Waals surface area contributed by atoms with E-state index in [1.807, 2.05) is 6.07 Å². The molecule has 1 heterocycles. The van der Waals surface area contributed by atoms with Gasteiger partial charge in [0.2, 0.25) is 11.8 Å². The van der Waals surface area contributed by atoms with E-state index < -0.39 is 0 Å². The van der Waals surface area contributed by atoms with Crippen molar-refractivity contribution in [3.8, 4) is 0 Å². The molecular formula is C18H16N2O3. The number of hydrogen-bond acceptors (Lipinski definition) is 3. The van der Waals surface area contributed by atoms with Crippen molar-refractivity contribution in [1.82, 2.24) is 0 Å². The molecule has 2 aromatic rings. The molecule has 1 saturated heterocycles. The lowest BCUT2D eigenvalue weighted by Crippen LogP contribution is -2.40. The van der Waals surface area contributed by atoms with Crippen molar-refractivity contribution in [2.24, 2.45) is 0 Å². The second kappa shape index (κ2) is 6.44. The van der Waals surface area contributed by atoms with Gasteiger partial charge in [0.15, 0.2) is 0 Å². The van der Waals surface area contributed by atoms with E-state index in [-0.39, 0.29) is 17.7 Å². The smallest absolute Gasteiger partial charge is 0.255 e. The molecule has 1 N–H and O–H groups in total. The molecule has 0 radical (unpaired) electrons. The van der Waals surface area contributed by atoms with Crippen LogP contribution in [0.25, 0.3) is 0 Å². The molecule has 5 heteroatoms. The van der Waals surface area contributed by atoms with Gasteiger partial charge in [-0.05, 0) is 36.8 Å². The molecule has 1 aliphatic rings. The van der Waals surface area contributed by atoms with Crippen LogP contribution in [0.15, 0.2) is 54.6 Å². The summed E-state index contributed by atoms with van der Waals surface area (Å²) < 4.78 is 0. The van der Waals surface area contributed by atoms with Crippen LogP contribution in [0.1, 0.15) is 29.6 Å². The lowest BCUT2D eigenvalue weighted by atomic mass is 10.1. The largest absolute Gasteiger partial charge is 0.322 e. The number of anilines is 2. The minimum atomic E-state index is -0.237. The quantitative estimate of drug-likeness (QED) is 0.886. The molecule has 1 aliphatic heterocycles. The molecule has 0 bridgehead atoms. The normalized spacial score (nSPS) is 14.7. The van der Waals surface area contributed by atoms with Crippen LogP contribution in [-0.4, -0.2) is 17.7 Å². The molecule has 0 unspecified atom stereocenters. The summed E-state index contributed by atoms with van der Waals surface area (Å²) in [4.78, 5) is 37.3. The minimum absolute atomic E-state index is 0.201. The van der Waals surface area contributed by atoms with Crippen molar-refractivity contribution in [3.63, 3.8) is 0 Å². The third kappa shape index (κ3) is 3.29. The van der Waals surface area contributed by atoms with E-state index in [2.05, 4.69) is 5.32 Å². The highest BCUT2D eigenvalue weighted by atomic mass is 16.2. The van der Waals surface area contributed by atoms with Gasteiger partial charge in [0.1, 0.15) is 0 Å².